The van der Waals surface area contributed by atoms with Gasteiger partial charge in [0.15, 0.2) is 5.82 Å². The third-order valence-electron chi connectivity index (χ3n) is 4.49. The standard InChI is InChI=1S/C19H18N4O/c1-23-12-20-22-18(23)14-9-5-6-10-17(14)21-19(24)16-11-15(16)13-7-3-2-4-8-13/h2-10,12,15-16H,11H2,1H3,(H,21,24)/t15-,16-/m0/s1. The van der Waals surface area contributed by atoms with E-state index in [0.29, 0.717) is 5.92 Å². The number of carbonyl (C=O) groups is 1. The Morgan fingerprint density at radius 3 is 2.62 bits per heavy atom. The van der Waals surface area contributed by atoms with Crippen molar-refractivity contribution in [1.29, 1.82) is 0 Å². The van der Waals surface area contributed by atoms with Crippen molar-refractivity contribution in [3.8, 4) is 11.4 Å². The molecule has 24 heavy (non-hydrogen) atoms. The lowest BCUT2D eigenvalue weighted by molar-refractivity contribution is -0.117. The molecular weight excluding hydrogens is 300 g/mol. The lowest BCUT2D eigenvalue weighted by Gasteiger charge is -2.10. The van der Waals surface area contributed by atoms with Gasteiger partial charge in [0.05, 0.1) is 5.69 Å². The number of anilines is 1. The molecule has 5 nitrogen and oxygen atoms in total. The van der Waals surface area contributed by atoms with Crippen molar-refractivity contribution >= 4 is 11.6 Å². The molecule has 1 amide bonds. The Labute approximate surface area is 140 Å². The highest BCUT2D eigenvalue weighted by Crippen LogP contribution is 2.48. The molecule has 2 aromatic carbocycles. The van der Waals surface area contributed by atoms with E-state index in [1.807, 2.05) is 54.1 Å². The van der Waals surface area contributed by atoms with E-state index >= 15 is 0 Å². The smallest absolute Gasteiger partial charge is 0.228 e. The average Bonchev–Trinajstić information content (AvgIpc) is 3.31. The first-order chi connectivity index (χ1) is 11.7. The maximum Gasteiger partial charge on any atom is 0.228 e. The monoisotopic (exact) mass is 318 g/mol. The topological polar surface area (TPSA) is 59.8 Å². The number of amides is 1. The van der Waals surface area contributed by atoms with Gasteiger partial charge in [-0.05, 0) is 30.0 Å². The van der Waals surface area contributed by atoms with Gasteiger partial charge in [-0.1, -0.05) is 42.5 Å². The van der Waals surface area contributed by atoms with Crippen LogP contribution in [0.1, 0.15) is 17.9 Å². The SMILES string of the molecule is Cn1cnnc1-c1ccccc1NC(=O)[C@H]1C[C@H]1c1ccccc1. The molecule has 0 spiro atoms. The van der Waals surface area contributed by atoms with Crippen LogP contribution in [0, 0.1) is 5.92 Å². The minimum Gasteiger partial charge on any atom is -0.325 e. The van der Waals surface area contributed by atoms with E-state index in [4.69, 9.17) is 0 Å². The van der Waals surface area contributed by atoms with Gasteiger partial charge in [-0.15, -0.1) is 10.2 Å². The third kappa shape index (κ3) is 2.69. The fourth-order valence-electron chi connectivity index (χ4n) is 3.09. The molecule has 2 atom stereocenters. The van der Waals surface area contributed by atoms with E-state index in [0.717, 1.165) is 23.5 Å². The van der Waals surface area contributed by atoms with Gasteiger partial charge in [0.2, 0.25) is 5.91 Å². The molecule has 1 aromatic heterocycles. The highest BCUT2D eigenvalue weighted by atomic mass is 16.2. The van der Waals surface area contributed by atoms with Gasteiger partial charge < -0.3 is 9.88 Å². The summed E-state index contributed by atoms with van der Waals surface area (Å²) in [6.45, 7) is 0. The van der Waals surface area contributed by atoms with Crippen molar-refractivity contribution in [3.63, 3.8) is 0 Å². The Balaban J connectivity index is 1.53. The van der Waals surface area contributed by atoms with E-state index in [-0.39, 0.29) is 11.8 Å². The van der Waals surface area contributed by atoms with Crippen LogP contribution in [0.15, 0.2) is 60.9 Å². The molecule has 5 heteroatoms. The van der Waals surface area contributed by atoms with Crippen LogP contribution < -0.4 is 5.32 Å². The number of rotatable bonds is 4. The molecule has 1 N–H and O–H groups in total. The molecule has 3 aromatic rings. The fraction of sp³-hybridized carbons (Fsp3) is 0.211. The van der Waals surface area contributed by atoms with Crippen molar-refractivity contribution in [1.82, 2.24) is 14.8 Å². The molecule has 1 heterocycles. The van der Waals surface area contributed by atoms with E-state index in [1.165, 1.54) is 5.56 Å². The van der Waals surface area contributed by atoms with Crippen LogP contribution in [0.2, 0.25) is 0 Å². The maximum absolute atomic E-state index is 12.6. The summed E-state index contributed by atoms with van der Waals surface area (Å²) < 4.78 is 1.84. The molecule has 0 aliphatic heterocycles. The summed E-state index contributed by atoms with van der Waals surface area (Å²) in [5.74, 6) is 1.17. The molecule has 1 saturated carbocycles. The molecule has 0 saturated heterocycles. The van der Waals surface area contributed by atoms with Gasteiger partial charge in [-0.2, -0.15) is 0 Å². The molecule has 1 fully saturated rings. The predicted octanol–water partition coefficient (Wildman–Crippen LogP) is 3.22. The van der Waals surface area contributed by atoms with Crippen LogP contribution in [-0.2, 0) is 11.8 Å². The Hall–Kier alpha value is -2.95. The van der Waals surface area contributed by atoms with E-state index in [9.17, 15) is 4.79 Å². The molecule has 4 rings (SSSR count). The van der Waals surface area contributed by atoms with Crippen molar-refractivity contribution < 1.29 is 4.79 Å². The zero-order valence-corrected chi connectivity index (χ0v) is 13.4. The maximum atomic E-state index is 12.6. The Morgan fingerprint density at radius 2 is 1.88 bits per heavy atom. The van der Waals surface area contributed by atoms with Crippen molar-refractivity contribution in [2.24, 2.45) is 13.0 Å². The van der Waals surface area contributed by atoms with Gasteiger partial charge in [0, 0.05) is 18.5 Å². The second-order valence-electron chi connectivity index (χ2n) is 6.16. The summed E-state index contributed by atoms with van der Waals surface area (Å²) in [5.41, 5.74) is 2.89. The van der Waals surface area contributed by atoms with E-state index in [2.05, 4.69) is 27.6 Å². The number of hydrogen-bond acceptors (Lipinski definition) is 3. The largest absolute Gasteiger partial charge is 0.325 e. The van der Waals surface area contributed by atoms with Gasteiger partial charge in [-0.25, -0.2) is 0 Å². The number of aryl methyl sites for hydroxylation is 1. The Morgan fingerprint density at radius 1 is 1.12 bits per heavy atom. The molecule has 0 radical (unpaired) electrons. The van der Waals surface area contributed by atoms with E-state index < -0.39 is 0 Å². The first-order valence-electron chi connectivity index (χ1n) is 8.03. The van der Waals surface area contributed by atoms with Crippen molar-refractivity contribution in [2.75, 3.05) is 5.32 Å². The third-order valence-corrected chi connectivity index (χ3v) is 4.49. The van der Waals surface area contributed by atoms with Crippen LogP contribution in [0.4, 0.5) is 5.69 Å². The number of nitrogens with zero attached hydrogens (tertiary/aromatic N) is 3. The van der Waals surface area contributed by atoms with Crippen LogP contribution in [0.5, 0.6) is 0 Å². The molecule has 120 valence electrons. The number of benzene rings is 2. The number of aromatic nitrogens is 3. The van der Waals surface area contributed by atoms with Crippen LogP contribution >= 0.6 is 0 Å². The summed E-state index contributed by atoms with van der Waals surface area (Å²) in [7, 11) is 1.89. The summed E-state index contributed by atoms with van der Waals surface area (Å²) in [6, 6.07) is 17.9. The zero-order valence-electron chi connectivity index (χ0n) is 13.4. The van der Waals surface area contributed by atoms with Gasteiger partial charge in [0.25, 0.3) is 0 Å². The highest BCUT2D eigenvalue weighted by molar-refractivity contribution is 5.98. The van der Waals surface area contributed by atoms with Crippen LogP contribution in [0.25, 0.3) is 11.4 Å². The minimum absolute atomic E-state index is 0.0416. The summed E-state index contributed by atoms with van der Waals surface area (Å²) in [4.78, 5) is 12.6. The molecule has 1 aliphatic rings. The minimum atomic E-state index is 0.0416. The lowest BCUT2D eigenvalue weighted by Crippen LogP contribution is -2.15. The van der Waals surface area contributed by atoms with Gasteiger partial charge in [0.1, 0.15) is 6.33 Å². The van der Waals surface area contributed by atoms with Gasteiger partial charge >= 0.3 is 0 Å². The number of nitrogens with one attached hydrogen (secondary N) is 1. The molecule has 0 bridgehead atoms. The number of carbonyl (C=O) groups excluding carboxylic acids is 1. The highest BCUT2D eigenvalue weighted by Gasteiger charge is 2.43. The van der Waals surface area contributed by atoms with Crippen LogP contribution in [-0.4, -0.2) is 20.7 Å². The van der Waals surface area contributed by atoms with Crippen molar-refractivity contribution in [3.05, 3.63) is 66.5 Å². The van der Waals surface area contributed by atoms with Crippen LogP contribution in [0.3, 0.4) is 0 Å². The summed E-state index contributed by atoms with van der Waals surface area (Å²) in [6.07, 6.45) is 2.56. The first-order valence-corrected chi connectivity index (χ1v) is 8.03. The lowest BCUT2D eigenvalue weighted by atomic mass is 10.1. The fourth-order valence-corrected chi connectivity index (χ4v) is 3.09. The van der Waals surface area contributed by atoms with Crippen molar-refractivity contribution in [2.45, 2.75) is 12.3 Å². The quantitative estimate of drug-likeness (QED) is 0.803. The summed E-state index contributed by atoms with van der Waals surface area (Å²) >= 11 is 0. The molecular formula is C19H18N4O. The second-order valence-corrected chi connectivity index (χ2v) is 6.16. The Bertz CT molecular complexity index is 872. The average molecular weight is 318 g/mol. The van der Waals surface area contributed by atoms with Gasteiger partial charge in [-0.3, -0.25) is 4.79 Å². The predicted molar refractivity (Wildman–Crippen MR) is 92.4 cm³/mol. The Kier molecular flexibility index (Phi) is 3.61. The number of hydrogen-bond donors (Lipinski definition) is 1. The zero-order chi connectivity index (χ0) is 16.5. The normalized spacial score (nSPS) is 19.0. The first kappa shape index (κ1) is 14.6. The molecule has 1 aliphatic carbocycles. The number of para-hydroxylation sites is 1. The summed E-state index contributed by atoms with van der Waals surface area (Å²) in [5, 5.41) is 11.1. The second kappa shape index (κ2) is 5.92. The molecule has 0 unspecified atom stereocenters. The van der Waals surface area contributed by atoms with E-state index in [1.54, 1.807) is 6.33 Å².